The average molecular weight is 191 g/mol. The quantitative estimate of drug-likeness (QED) is 0.670. The Hall–Kier alpha value is -2.04. The molecule has 5 nitrogen and oxygen atoms in total. The Kier molecular flexibility index (Phi) is 2.06. The van der Waals surface area contributed by atoms with Crippen LogP contribution in [0.2, 0.25) is 0 Å². The second-order valence-electron chi connectivity index (χ2n) is 2.87. The normalized spacial score (nSPS) is 10.3. The molecule has 0 saturated heterocycles. The van der Waals surface area contributed by atoms with E-state index in [9.17, 15) is 4.79 Å². The van der Waals surface area contributed by atoms with Crippen molar-refractivity contribution in [3.8, 4) is 0 Å². The molecule has 1 aromatic heterocycles. The first-order valence-electron chi connectivity index (χ1n) is 4.16. The number of carboxylic acid groups (broad SMARTS) is 1. The van der Waals surface area contributed by atoms with E-state index >= 15 is 0 Å². The predicted octanol–water partition coefficient (Wildman–Crippen LogP) is 1.33. The number of hydrogen-bond acceptors (Lipinski definition) is 2. The molecule has 0 aliphatic carbocycles. The Morgan fingerprint density at radius 1 is 1.50 bits per heavy atom. The maximum absolute atomic E-state index is 10.3. The molecule has 0 saturated carbocycles. The third-order valence-electron chi connectivity index (χ3n) is 1.96. The van der Waals surface area contributed by atoms with Gasteiger partial charge < -0.3 is 10.4 Å². The molecule has 0 radical (unpaired) electrons. The van der Waals surface area contributed by atoms with E-state index < -0.39 is 6.09 Å². The molecular formula is C9H9N3O2. The Morgan fingerprint density at radius 3 is 3.07 bits per heavy atom. The van der Waals surface area contributed by atoms with E-state index in [0.29, 0.717) is 5.69 Å². The maximum atomic E-state index is 10.3. The number of benzene rings is 1. The van der Waals surface area contributed by atoms with E-state index in [1.165, 1.54) is 0 Å². The van der Waals surface area contributed by atoms with Crippen LogP contribution in [0.15, 0.2) is 24.3 Å². The maximum Gasteiger partial charge on any atom is 0.404 e. The van der Waals surface area contributed by atoms with E-state index in [1.807, 2.05) is 24.3 Å². The number of aromatic amines is 1. The number of amides is 1. The van der Waals surface area contributed by atoms with Gasteiger partial charge in [-0.05, 0) is 6.07 Å². The third kappa shape index (κ3) is 1.52. The molecule has 1 heterocycles. The summed E-state index contributed by atoms with van der Waals surface area (Å²) in [7, 11) is 0. The summed E-state index contributed by atoms with van der Waals surface area (Å²) in [5.41, 5.74) is 1.62. The van der Waals surface area contributed by atoms with Crippen molar-refractivity contribution in [2.45, 2.75) is 6.54 Å². The molecule has 3 N–H and O–H groups in total. The first-order valence-corrected chi connectivity index (χ1v) is 4.16. The Labute approximate surface area is 79.7 Å². The van der Waals surface area contributed by atoms with Crippen LogP contribution in [0.25, 0.3) is 10.9 Å². The van der Waals surface area contributed by atoms with Gasteiger partial charge in [0.25, 0.3) is 0 Å². The van der Waals surface area contributed by atoms with Gasteiger partial charge in [-0.3, -0.25) is 5.10 Å². The molecule has 2 aromatic rings. The van der Waals surface area contributed by atoms with Gasteiger partial charge in [0.05, 0.1) is 17.8 Å². The SMILES string of the molecule is O=C(O)NCc1n[nH]c2ccccc12. The number of H-pyrrole nitrogens is 1. The van der Waals surface area contributed by atoms with Crippen LogP contribution in [0.3, 0.4) is 0 Å². The van der Waals surface area contributed by atoms with E-state index in [2.05, 4.69) is 15.5 Å². The number of carbonyl (C=O) groups is 1. The van der Waals surface area contributed by atoms with Gasteiger partial charge in [-0.2, -0.15) is 5.10 Å². The summed E-state index contributed by atoms with van der Waals surface area (Å²) in [4.78, 5) is 10.3. The molecule has 0 aliphatic heterocycles. The lowest BCUT2D eigenvalue weighted by molar-refractivity contribution is 0.194. The number of nitrogens with zero attached hydrogens (tertiary/aromatic N) is 1. The van der Waals surface area contributed by atoms with Crippen molar-refractivity contribution in [1.82, 2.24) is 15.5 Å². The smallest absolute Gasteiger partial charge is 0.404 e. The van der Waals surface area contributed by atoms with Crippen molar-refractivity contribution >= 4 is 17.0 Å². The van der Waals surface area contributed by atoms with Crippen LogP contribution >= 0.6 is 0 Å². The predicted molar refractivity (Wildman–Crippen MR) is 51.0 cm³/mol. The summed E-state index contributed by atoms with van der Waals surface area (Å²) in [6, 6.07) is 7.58. The third-order valence-corrected chi connectivity index (χ3v) is 1.96. The zero-order valence-electron chi connectivity index (χ0n) is 7.32. The lowest BCUT2D eigenvalue weighted by Gasteiger charge is -1.96. The van der Waals surface area contributed by atoms with Crippen molar-refractivity contribution in [2.75, 3.05) is 0 Å². The van der Waals surface area contributed by atoms with Crippen molar-refractivity contribution in [1.29, 1.82) is 0 Å². The molecule has 14 heavy (non-hydrogen) atoms. The van der Waals surface area contributed by atoms with Gasteiger partial charge in [-0.1, -0.05) is 18.2 Å². The first kappa shape index (κ1) is 8.55. The second kappa shape index (κ2) is 3.37. The van der Waals surface area contributed by atoms with Gasteiger partial charge in [-0.25, -0.2) is 4.79 Å². The highest BCUT2D eigenvalue weighted by molar-refractivity contribution is 5.81. The van der Waals surface area contributed by atoms with Crippen LogP contribution in [0.5, 0.6) is 0 Å². The zero-order chi connectivity index (χ0) is 9.97. The van der Waals surface area contributed by atoms with E-state index in [0.717, 1.165) is 10.9 Å². The summed E-state index contributed by atoms with van der Waals surface area (Å²) < 4.78 is 0. The molecule has 0 fully saturated rings. The summed E-state index contributed by atoms with van der Waals surface area (Å²) in [5.74, 6) is 0. The van der Waals surface area contributed by atoms with Crippen LogP contribution in [-0.4, -0.2) is 21.4 Å². The van der Waals surface area contributed by atoms with Gasteiger partial charge in [0, 0.05) is 5.39 Å². The van der Waals surface area contributed by atoms with Gasteiger partial charge in [0.2, 0.25) is 0 Å². The molecule has 5 heteroatoms. The molecule has 0 atom stereocenters. The molecular weight excluding hydrogens is 182 g/mol. The second-order valence-corrected chi connectivity index (χ2v) is 2.87. The summed E-state index contributed by atoms with van der Waals surface area (Å²) in [6.07, 6.45) is -1.04. The Balaban J connectivity index is 2.29. The lowest BCUT2D eigenvalue weighted by atomic mass is 10.2. The van der Waals surface area contributed by atoms with Crippen molar-refractivity contribution in [3.05, 3.63) is 30.0 Å². The van der Waals surface area contributed by atoms with Crippen molar-refractivity contribution in [2.24, 2.45) is 0 Å². The van der Waals surface area contributed by atoms with Gasteiger partial charge in [0.1, 0.15) is 0 Å². The average Bonchev–Trinajstić information content (AvgIpc) is 2.58. The monoisotopic (exact) mass is 191 g/mol. The molecule has 72 valence electrons. The number of hydrogen-bond donors (Lipinski definition) is 3. The fraction of sp³-hybridized carbons (Fsp3) is 0.111. The number of para-hydroxylation sites is 1. The molecule has 0 unspecified atom stereocenters. The lowest BCUT2D eigenvalue weighted by Crippen LogP contribution is -2.20. The number of nitrogens with one attached hydrogen (secondary N) is 2. The molecule has 1 amide bonds. The Morgan fingerprint density at radius 2 is 2.29 bits per heavy atom. The van der Waals surface area contributed by atoms with Crippen LogP contribution in [0.1, 0.15) is 5.69 Å². The molecule has 2 rings (SSSR count). The minimum absolute atomic E-state index is 0.222. The van der Waals surface area contributed by atoms with Crippen LogP contribution in [0.4, 0.5) is 4.79 Å². The van der Waals surface area contributed by atoms with Crippen molar-refractivity contribution < 1.29 is 9.90 Å². The molecule has 0 spiro atoms. The molecule has 0 aliphatic rings. The zero-order valence-corrected chi connectivity index (χ0v) is 7.32. The topological polar surface area (TPSA) is 78.0 Å². The van der Waals surface area contributed by atoms with Gasteiger partial charge in [0.15, 0.2) is 0 Å². The fourth-order valence-corrected chi connectivity index (χ4v) is 1.31. The highest BCUT2D eigenvalue weighted by Crippen LogP contribution is 2.14. The standard InChI is InChI=1S/C9H9N3O2/c13-9(14)10-5-8-6-3-1-2-4-7(6)11-12-8/h1-4,10H,5H2,(H,11,12)(H,13,14). The largest absolute Gasteiger partial charge is 0.465 e. The van der Waals surface area contributed by atoms with E-state index in [-0.39, 0.29) is 6.54 Å². The Bertz CT molecular complexity index is 464. The first-order chi connectivity index (χ1) is 6.77. The van der Waals surface area contributed by atoms with Crippen LogP contribution < -0.4 is 5.32 Å². The highest BCUT2D eigenvalue weighted by atomic mass is 16.4. The van der Waals surface area contributed by atoms with Gasteiger partial charge >= 0.3 is 6.09 Å². The highest BCUT2D eigenvalue weighted by Gasteiger charge is 2.04. The van der Waals surface area contributed by atoms with Gasteiger partial charge in [-0.15, -0.1) is 0 Å². The minimum atomic E-state index is -1.04. The number of fused-ring (bicyclic) bond motifs is 1. The van der Waals surface area contributed by atoms with E-state index in [4.69, 9.17) is 5.11 Å². The minimum Gasteiger partial charge on any atom is -0.465 e. The summed E-state index contributed by atoms with van der Waals surface area (Å²) in [6.45, 7) is 0.222. The fourth-order valence-electron chi connectivity index (χ4n) is 1.31. The number of aromatic nitrogens is 2. The van der Waals surface area contributed by atoms with Crippen LogP contribution in [0, 0.1) is 0 Å². The molecule has 0 bridgehead atoms. The van der Waals surface area contributed by atoms with Crippen LogP contribution in [-0.2, 0) is 6.54 Å². The summed E-state index contributed by atoms with van der Waals surface area (Å²) in [5, 5.41) is 18.5. The summed E-state index contributed by atoms with van der Waals surface area (Å²) >= 11 is 0. The number of rotatable bonds is 2. The molecule has 1 aromatic carbocycles. The van der Waals surface area contributed by atoms with Crippen molar-refractivity contribution in [3.63, 3.8) is 0 Å². The van der Waals surface area contributed by atoms with E-state index in [1.54, 1.807) is 0 Å².